The second-order valence-corrected chi connectivity index (χ2v) is 4.85. The minimum atomic E-state index is 0.385. The average molecular weight is 221 g/mol. The van der Waals surface area contributed by atoms with E-state index in [0.717, 1.165) is 31.4 Å². The number of H-pyrrole nitrogens is 1. The van der Waals surface area contributed by atoms with Gasteiger partial charge in [-0.15, -0.1) is 0 Å². The van der Waals surface area contributed by atoms with Gasteiger partial charge in [-0.3, -0.25) is 0 Å². The van der Waals surface area contributed by atoms with Gasteiger partial charge in [0.15, 0.2) is 0 Å². The van der Waals surface area contributed by atoms with Crippen LogP contribution in [0.2, 0.25) is 0 Å². The molecule has 2 aliphatic rings. The first-order valence-corrected chi connectivity index (χ1v) is 6.28. The molecular weight excluding hydrogens is 202 g/mol. The van der Waals surface area contributed by atoms with Crippen LogP contribution >= 0.6 is 0 Å². The van der Waals surface area contributed by atoms with Gasteiger partial charge >= 0.3 is 0 Å². The first-order chi connectivity index (χ1) is 7.90. The molecule has 4 nitrogen and oxygen atoms in total. The maximum absolute atomic E-state index is 5.60. The van der Waals surface area contributed by atoms with Crippen LogP contribution in [0.3, 0.4) is 0 Å². The predicted octanol–water partition coefficient (Wildman–Crippen LogP) is 1.38. The number of nitrogens with one attached hydrogen (secondary N) is 2. The summed E-state index contributed by atoms with van der Waals surface area (Å²) in [5.74, 6) is 1.07. The van der Waals surface area contributed by atoms with Gasteiger partial charge in [0.2, 0.25) is 0 Å². The summed E-state index contributed by atoms with van der Waals surface area (Å²) in [7, 11) is 0. The lowest BCUT2D eigenvalue weighted by Gasteiger charge is -2.06. The molecule has 2 fully saturated rings. The van der Waals surface area contributed by atoms with E-state index in [9.17, 15) is 0 Å². The van der Waals surface area contributed by atoms with E-state index >= 15 is 0 Å². The Hall–Kier alpha value is -0.870. The van der Waals surface area contributed by atoms with Crippen molar-refractivity contribution in [3.8, 4) is 0 Å². The lowest BCUT2D eigenvalue weighted by molar-refractivity contribution is 0.110. The normalized spacial score (nSPS) is 25.1. The fourth-order valence-corrected chi connectivity index (χ4v) is 2.16. The molecular formula is C12H19N3O. The maximum Gasteiger partial charge on any atom is 0.108 e. The molecule has 1 unspecified atom stereocenters. The molecule has 1 saturated heterocycles. The van der Waals surface area contributed by atoms with Crippen LogP contribution in [0, 0.1) is 0 Å². The highest BCUT2D eigenvalue weighted by Crippen LogP contribution is 2.19. The summed E-state index contributed by atoms with van der Waals surface area (Å²) >= 11 is 0. The lowest BCUT2D eigenvalue weighted by Crippen LogP contribution is -2.15. The van der Waals surface area contributed by atoms with Gasteiger partial charge in [0.25, 0.3) is 0 Å². The molecule has 16 heavy (non-hydrogen) atoms. The SMILES string of the molecule is c1nc(CC2CCCO2)[nH]c1CNC1CC1. The van der Waals surface area contributed by atoms with Crippen molar-refractivity contribution in [2.24, 2.45) is 0 Å². The van der Waals surface area contributed by atoms with Crippen LogP contribution in [0.4, 0.5) is 0 Å². The molecule has 4 heteroatoms. The van der Waals surface area contributed by atoms with E-state index in [2.05, 4.69) is 15.3 Å². The summed E-state index contributed by atoms with van der Waals surface area (Å²) in [5, 5.41) is 3.48. The van der Waals surface area contributed by atoms with Crippen LogP contribution in [0.25, 0.3) is 0 Å². The van der Waals surface area contributed by atoms with E-state index in [-0.39, 0.29) is 0 Å². The van der Waals surface area contributed by atoms with Crippen molar-refractivity contribution in [3.05, 3.63) is 17.7 Å². The number of hydrogen-bond donors (Lipinski definition) is 2. The van der Waals surface area contributed by atoms with Crippen molar-refractivity contribution in [2.45, 2.75) is 50.8 Å². The number of rotatable bonds is 5. The number of aromatic amines is 1. The standard InChI is InChI=1S/C12H19N3O/c1-2-11(16-5-1)6-12-14-8-10(15-12)7-13-9-3-4-9/h8-9,11,13H,1-7H2,(H,14,15). The van der Waals surface area contributed by atoms with Crippen molar-refractivity contribution in [1.82, 2.24) is 15.3 Å². The Bertz CT molecular complexity index is 340. The number of nitrogens with zero attached hydrogens (tertiary/aromatic N) is 1. The van der Waals surface area contributed by atoms with E-state index in [1.54, 1.807) is 0 Å². The molecule has 1 aromatic rings. The Balaban J connectivity index is 1.50. The molecule has 0 spiro atoms. The smallest absolute Gasteiger partial charge is 0.108 e. The predicted molar refractivity (Wildman–Crippen MR) is 61.1 cm³/mol. The Kier molecular flexibility index (Phi) is 2.93. The van der Waals surface area contributed by atoms with Gasteiger partial charge in [0, 0.05) is 37.5 Å². The van der Waals surface area contributed by atoms with Crippen LogP contribution in [0.1, 0.15) is 37.2 Å². The molecule has 88 valence electrons. The topological polar surface area (TPSA) is 49.9 Å². The van der Waals surface area contributed by atoms with Crippen molar-refractivity contribution in [2.75, 3.05) is 6.61 Å². The van der Waals surface area contributed by atoms with Crippen LogP contribution in [0.5, 0.6) is 0 Å². The molecule has 0 bridgehead atoms. The quantitative estimate of drug-likeness (QED) is 0.790. The van der Waals surface area contributed by atoms with E-state index < -0.39 is 0 Å². The summed E-state index contributed by atoms with van der Waals surface area (Å²) in [4.78, 5) is 7.77. The molecule has 1 aromatic heterocycles. The zero-order valence-corrected chi connectivity index (χ0v) is 9.54. The molecule has 0 radical (unpaired) electrons. The molecule has 1 aliphatic carbocycles. The molecule has 2 N–H and O–H groups in total. The van der Waals surface area contributed by atoms with Gasteiger partial charge < -0.3 is 15.0 Å². The highest BCUT2D eigenvalue weighted by molar-refractivity contribution is 5.03. The maximum atomic E-state index is 5.60. The lowest BCUT2D eigenvalue weighted by atomic mass is 10.2. The molecule has 0 aromatic carbocycles. The Morgan fingerprint density at radius 2 is 2.38 bits per heavy atom. The minimum Gasteiger partial charge on any atom is -0.378 e. The summed E-state index contributed by atoms with van der Waals surface area (Å²) in [6.45, 7) is 1.84. The zero-order chi connectivity index (χ0) is 10.8. The fraction of sp³-hybridized carbons (Fsp3) is 0.750. The fourth-order valence-electron chi connectivity index (χ4n) is 2.16. The highest BCUT2D eigenvalue weighted by Gasteiger charge is 2.21. The van der Waals surface area contributed by atoms with Crippen LogP contribution in [0.15, 0.2) is 6.20 Å². The van der Waals surface area contributed by atoms with Gasteiger partial charge in [-0.05, 0) is 25.7 Å². The van der Waals surface area contributed by atoms with E-state index in [4.69, 9.17) is 4.74 Å². The first kappa shape index (κ1) is 10.3. The third kappa shape index (κ3) is 2.62. The summed E-state index contributed by atoms with van der Waals surface area (Å²) in [5.41, 5.74) is 1.19. The highest BCUT2D eigenvalue weighted by atomic mass is 16.5. The van der Waals surface area contributed by atoms with Crippen LogP contribution in [-0.2, 0) is 17.7 Å². The van der Waals surface area contributed by atoms with Crippen molar-refractivity contribution >= 4 is 0 Å². The van der Waals surface area contributed by atoms with E-state index in [1.165, 1.54) is 31.4 Å². The van der Waals surface area contributed by atoms with Gasteiger partial charge in [-0.1, -0.05) is 0 Å². The van der Waals surface area contributed by atoms with Gasteiger partial charge in [0.1, 0.15) is 5.82 Å². The van der Waals surface area contributed by atoms with Crippen molar-refractivity contribution in [1.29, 1.82) is 0 Å². The molecule has 2 heterocycles. The Morgan fingerprint density at radius 3 is 3.12 bits per heavy atom. The Morgan fingerprint density at radius 1 is 1.44 bits per heavy atom. The van der Waals surface area contributed by atoms with Crippen LogP contribution < -0.4 is 5.32 Å². The van der Waals surface area contributed by atoms with Crippen LogP contribution in [-0.4, -0.2) is 28.7 Å². The largest absolute Gasteiger partial charge is 0.378 e. The van der Waals surface area contributed by atoms with Gasteiger partial charge in [0.05, 0.1) is 6.10 Å². The molecule has 1 atom stereocenters. The third-order valence-electron chi connectivity index (χ3n) is 3.28. The number of imidazole rings is 1. The zero-order valence-electron chi connectivity index (χ0n) is 9.54. The molecule has 0 amide bonds. The number of ether oxygens (including phenoxy) is 1. The first-order valence-electron chi connectivity index (χ1n) is 6.28. The van der Waals surface area contributed by atoms with Gasteiger partial charge in [-0.25, -0.2) is 4.98 Å². The number of aromatic nitrogens is 2. The second-order valence-electron chi connectivity index (χ2n) is 4.85. The Labute approximate surface area is 95.8 Å². The second kappa shape index (κ2) is 4.55. The molecule has 1 aliphatic heterocycles. The van der Waals surface area contributed by atoms with E-state index in [0.29, 0.717) is 6.10 Å². The minimum absolute atomic E-state index is 0.385. The molecule has 3 rings (SSSR count). The third-order valence-corrected chi connectivity index (χ3v) is 3.28. The summed E-state index contributed by atoms with van der Waals surface area (Å²) < 4.78 is 5.60. The van der Waals surface area contributed by atoms with Crippen molar-refractivity contribution in [3.63, 3.8) is 0 Å². The molecule has 1 saturated carbocycles. The monoisotopic (exact) mass is 221 g/mol. The van der Waals surface area contributed by atoms with Gasteiger partial charge in [-0.2, -0.15) is 0 Å². The van der Waals surface area contributed by atoms with E-state index in [1.807, 2.05) is 6.20 Å². The number of hydrogen-bond acceptors (Lipinski definition) is 3. The summed E-state index contributed by atoms with van der Waals surface area (Å²) in [6.07, 6.45) is 8.30. The average Bonchev–Trinajstić information content (AvgIpc) is 2.78. The van der Waals surface area contributed by atoms with Crippen molar-refractivity contribution < 1.29 is 4.74 Å². The summed E-state index contributed by atoms with van der Waals surface area (Å²) in [6, 6.07) is 0.755.